The molecule has 0 aliphatic rings. The average molecular weight is 462 g/mol. The highest BCUT2D eigenvalue weighted by Gasteiger charge is 2.16. The van der Waals surface area contributed by atoms with Crippen LogP contribution in [0, 0.1) is 0 Å². The van der Waals surface area contributed by atoms with Gasteiger partial charge in [0.05, 0.1) is 17.4 Å². The number of phenolic OH excluding ortho intramolecular Hbond substituents is 1. The van der Waals surface area contributed by atoms with Crippen LogP contribution in [0.4, 0.5) is 21.9 Å². The van der Waals surface area contributed by atoms with E-state index in [1.807, 2.05) is 32.3 Å². The Kier molecular flexibility index (Phi) is 8.48. The molecule has 0 fully saturated rings. The van der Waals surface area contributed by atoms with Crippen molar-refractivity contribution in [3.63, 3.8) is 0 Å². The summed E-state index contributed by atoms with van der Waals surface area (Å²) < 4.78 is 0. The molecule has 3 aromatic rings. The summed E-state index contributed by atoms with van der Waals surface area (Å²) in [6.07, 6.45) is 1.61. The van der Waals surface area contributed by atoms with Gasteiger partial charge in [0.2, 0.25) is 0 Å². The third-order valence-electron chi connectivity index (χ3n) is 5.31. The molecule has 8 nitrogen and oxygen atoms in total. The SMILES string of the molecule is CN(C)CCCC(NC(=O)Nc1ccc(O)cc1)c1ccc(C(=O)Nc2ccccc2N)cc1. The zero-order valence-electron chi connectivity index (χ0n) is 19.4. The summed E-state index contributed by atoms with van der Waals surface area (Å²) in [5.74, 6) is -0.127. The highest BCUT2D eigenvalue weighted by atomic mass is 16.3. The molecule has 3 rings (SSSR count). The first kappa shape index (κ1) is 24.6. The van der Waals surface area contributed by atoms with Gasteiger partial charge in [-0.2, -0.15) is 0 Å². The molecule has 8 heteroatoms. The normalized spacial score (nSPS) is 11.6. The predicted molar refractivity (Wildman–Crippen MR) is 136 cm³/mol. The lowest BCUT2D eigenvalue weighted by Crippen LogP contribution is -2.33. The van der Waals surface area contributed by atoms with E-state index in [4.69, 9.17) is 5.73 Å². The molecule has 0 bridgehead atoms. The van der Waals surface area contributed by atoms with Gasteiger partial charge >= 0.3 is 6.03 Å². The number of rotatable bonds is 9. The van der Waals surface area contributed by atoms with Crippen LogP contribution in [0.1, 0.15) is 34.8 Å². The zero-order chi connectivity index (χ0) is 24.5. The Morgan fingerprint density at radius 3 is 2.26 bits per heavy atom. The van der Waals surface area contributed by atoms with E-state index in [0.717, 1.165) is 24.9 Å². The number of carbonyl (C=O) groups excluding carboxylic acids is 2. The van der Waals surface area contributed by atoms with Crippen molar-refractivity contribution in [1.29, 1.82) is 0 Å². The van der Waals surface area contributed by atoms with E-state index in [-0.39, 0.29) is 23.7 Å². The van der Waals surface area contributed by atoms with Gasteiger partial charge in [-0.1, -0.05) is 24.3 Å². The van der Waals surface area contributed by atoms with Crippen LogP contribution in [-0.2, 0) is 0 Å². The third-order valence-corrected chi connectivity index (χ3v) is 5.31. The Morgan fingerprint density at radius 1 is 0.941 bits per heavy atom. The van der Waals surface area contributed by atoms with E-state index in [1.165, 1.54) is 12.1 Å². The maximum atomic E-state index is 12.6. The molecule has 0 aromatic heterocycles. The van der Waals surface area contributed by atoms with E-state index in [9.17, 15) is 14.7 Å². The average Bonchev–Trinajstić information content (AvgIpc) is 2.81. The first-order valence-corrected chi connectivity index (χ1v) is 11.1. The van der Waals surface area contributed by atoms with Crippen LogP contribution in [0.15, 0.2) is 72.8 Å². The molecule has 0 spiro atoms. The number of urea groups is 1. The number of anilines is 3. The van der Waals surface area contributed by atoms with Crippen LogP contribution >= 0.6 is 0 Å². The Labute approximate surface area is 199 Å². The fourth-order valence-electron chi connectivity index (χ4n) is 3.48. The second kappa shape index (κ2) is 11.7. The fourth-order valence-corrected chi connectivity index (χ4v) is 3.48. The molecular weight excluding hydrogens is 430 g/mol. The maximum Gasteiger partial charge on any atom is 0.319 e. The van der Waals surface area contributed by atoms with Crippen molar-refractivity contribution in [2.75, 3.05) is 37.0 Å². The number of nitrogens with two attached hydrogens (primary N) is 1. The second-order valence-electron chi connectivity index (χ2n) is 8.31. The number of aromatic hydroxyl groups is 1. The summed E-state index contributed by atoms with van der Waals surface area (Å²) in [4.78, 5) is 27.3. The van der Waals surface area contributed by atoms with Crippen molar-refractivity contribution < 1.29 is 14.7 Å². The molecule has 3 aromatic carbocycles. The van der Waals surface area contributed by atoms with Crippen molar-refractivity contribution in [2.24, 2.45) is 0 Å². The monoisotopic (exact) mass is 461 g/mol. The minimum atomic E-state index is -0.345. The van der Waals surface area contributed by atoms with Crippen molar-refractivity contribution in [2.45, 2.75) is 18.9 Å². The van der Waals surface area contributed by atoms with Gasteiger partial charge in [-0.05, 0) is 87.6 Å². The number of benzene rings is 3. The fraction of sp³-hybridized carbons (Fsp3) is 0.231. The number of carbonyl (C=O) groups is 2. The van der Waals surface area contributed by atoms with Crippen LogP contribution in [0.25, 0.3) is 0 Å². The second-order valence-corrected chi connectivity index (χ2v) is 8.31. The summed E-state index contributed by atoms with van der Waals surface area (Å²) in [6.45, 7) is 0.886. The first-order valence-electron chi connectivity index (χ1n) is 11.1. The number of nitrogens with zero attached hydrogens (tertiary/aromatic N) is 1. The van der Waals surface area contributed by atoms with Crippen LogP contribution in [0.2, 0.25) is 0 Å². The summed E-state index contributed by atoms with van der Waals surface area (Å²) in [6, 6.07) is 20.0. The maximum absolute atomic E-state index is 12.6. The minimum absolute atomic E-state index is 0.131. The lowest BCUT2D eigenvalue weighted by Gasteiger charge is -2.21. The van der Waals surface area contributed by atoms with Crippen molar-refractivity contribution >= 4 is 29.0 Å². The van der Waals surface area contributed by atoms with Crippen LogP contribution < -0.4 is 21.7 Å². The lowest BCUT2D eigenvalue weighted by atomic mass is 10.00. The molecule has 0 saturated heterocycles. The summed E-state index contributed by atoms with van der Waals surface area (Å²) in [5, 5.41) is 18.0. The van der Waals surface area contributed by atoms with Crippen LogP contribution in [0.3, 0.4) is 0 Å². The molecule has 0 heterocycles. The summed E-state index contributed by atoms with van der Waals surface area (Å²) in [7, 11) is 4.01. The largest absolute Gasteiger partial charge is 0.508 e. The number of amides is 3. The zero-order valence-corrected chi connectivity index (χ0v) is 19.4. The summed E-state index contributed by atoms with van der Waals surface area (Å²) >= 11 is 0. The van der Waals surface area contributed by atoms with Gasteiger partial charge < -0.3 is 31.7 Å². The number of para-hydroxylation sites is 2. The topological polar surface area (TPSA) is 120 Å². The quantitative estimate of drug-likeness (QED) is 0.239. The highest BCUT2D eigenvalue weighted by Crippen LogP contribution is 2.22. The first-order chi connectivity index (χ1) is 16.3. The van der Waals surface area contributed by atoms with Gasteiger partial charge in [0.1, 0.15) is 5.75 Å². The molecule has 1 unspecified atom stereocenters. The van der Waals surface area contributed by atoms with Crippen LogP contribution in [-0.4, -0.2) is 42.6 Å². The van der Waals surface area contributed by atoms with Crippen molar-refractivity contribution in [3.05, 3.63) is 83.9 Å². The smallest absolute Gasteiger partial charge is 0.319 e. The van der Waals surface area contributed by atoms with E-state index < -0.39 is 0 Å². The molecule has 1 atom stereocenters. The molecule has 0 aliphatic heterocycles. The Morgan fingerprint density at radius 2 is 1.62 bits per heavy atom. The molecule has 6 N–H and O–H groups in total. The third kappa shape index (κ3) is 7.25. The van der Waals surface area contributed by atoms with Crippen molar-refractivity contribution in [3.8, 4) is 5.75 Å². The minimum Gasteiger partial charge on any atom is -0.508 e. The molecule has 0 saturated carbocycles. The standard InChI is InChI=1S/C26H31N5O3/c1-31(2)17-5-8-23(30-26(34)28-20-13-15-21(32)16-14-20)18-9-11-19(12-10-18)25(33)29-24-7-4-3-6-22(24)27/h3-4,6-7,9-16,23,32H,5,8,17,27H2,1-2H3,(H,29,33)(H2,28,30,34). The van der Waals surface area contributed by atoms with Gasteiger partial charge in [-0.15, -0.1) is 0 Å². The molecular formula is C26H31N5O3. The van der Waals surface area contributed by atoms with E-state index >= 15 is 0 Å². The van der Waals surface area contributed by atoms with E-state index in [2.05, 4.69) is 20.9 Å². The number of phenols is 1. The molecule has 0 radical (unpaired) electrons. The van der Waals surface area contributed by atoms with Crippen LogP contribution in [0.5, 0.6) is 5.75 Å². The number of nitrogens with one attached hydrogen (secondary N) is 3. The van der Waals surface area contributed by atoms with Crippen molar-refractivity contribution in [1.82, 2.24) is 10.2 Å². The van der Waals surface area contributed by atoms with Gasteiger partial charge in [-0.3, -0.25) is 4.79 Å². The number of hydrogen-bond donors (Lipinski definition) is 5. The van der Waals surface area contributed by atoms with Gasteiger partial charge in [0, 0.05) is 11.3 Å². The highest BCUT2D eigenvalue weighted by molar-refractivity contribution is 6.05. The molecule has 0 aliphatic carbocycles. The predicted octanol–water partition coefficient (Wildman–Crippen LogP) is 4.43. The van der Waals surface area contributed by atoms with E-state index in [0.29, 0.717) is 22.6 Å². The summed E-state index contributed by atoms with van der Waals surface area (Å²) in [5.41, 5.74) is 8.94. The van der Waals surface area contributed by atoms with Gasteiger partial charge in [0.25, 0.3) is 5.91 Å². The Balaban J connectivity index is 1.69. The molecule has 178 valence electrons. The number of nitrogen functional groups attached to an aromatic ring is 1. The van der Waals surface area contributed by atoms with E-state index in [1.54, 1.807) is 42.5 Å². The molecule has 3 amide bonds. The molecule has 34 heavy (non-hydrogen) atoms. The van der Waals surface area contributed by atoms with Gasteiger partial charge in [-0.25, -0.2) is 4.79 Å². The Hall–Kier alpha value is -4.04. The van der Waals surface area contributed by atoms with Gasteiger partial charge in [0.15, 0.2) is 0 Å². The lowest BCUT2D eigenvalue weighted by molar-refractivity contribution is 0.102. The Bertz CT molecular complexity index is 1100. The number of hydrogen-bond acceptors (Lipinski definition) is 5.